The molecule has 0 saturated carbocycles. The summed E-state index contributed by atoms with van der Waals surface area (Å²) >= 11 is 0. The summed E-state index contributed by atoms with van der Waals surface area (Å²) in [6.07, 6.45) is 6.10. The van der Waals surface area contributed by atoms with E-state index < -0.39 is 16.1 Å². The van der Waals surface area contributed by atoms with Crippen LogP contribution in [0.1, 0.15) is 71.9 Å². The molecule has 2 aliphatic heterocycles. The Morgan fingerprint density at radius 1 is 0.691 bits per heavy atom. The van der Waals surface area contributed by atoms with Crippen molar-refractivity contribution in [2.24, 2.45) is 0 Å². The van der Waals surface area contributed by atoms with Crippen molar-refractivity contribution in [3.63, 3.8) is 0 Å². The van der Waals surface area contributed by atoms with E-state index in [0.29, 0.717) is 30.1 Å². The minimum Gasteiger partial charge on any atom is -0.487 e. The molecule has 0 spiro atoms. The summed E-state index contributed by atoms with van der Waals surface area (Å²) in [6, 6.07) is 43.7. The molecule has 0 radical (unpaired) electrons. The summed E-state index contributed by atoms with van der Waals surface area (Å²) < 4.78 is 33.5. The van der Waals surface area contributed by atoms with Crippen molar-refractivity contribution in [1.82, 2.24) is 4.90 Å². The topological polar surface area (TPSA) is 85.3 Å². The number of benzene rings is 5. The van der Waals surface area contributed by atoms with E-state index in [2.05, 4.69) is 80.1 Å². The van der Waals surface area contributed by atoms with Crippen molar-refractivity contribution in [1.29, 1.82) is 0 Å². The molecular formula is C46H54N4O4S. The maximum Gasteiger partial charge on any atom is 0.229 e. The summed E-state index contributed by atoms with van der Waals surface area (Å²) in [6.45, 7) is 6.53. The lowest BCUT2D eigenvalue weighted by molar-refractivity contribution is 0.107. The van der Waals surface area contributed by atoms with Gasteiger partial charge >= 0.3 is 0 Å². The van der Waals surface area contributed by atoms with Gasteiger partial charge < -0.3 is 19.6 Å². The van der Waals surface area contributed by atoms with Gasteiger partial charge in [-0.15, -0.1) is 0 Å². The molecule has 2 fully saturated rings. The molecule has 55 heavy (non-hydrogen) atoms. The molecule has 1 atom stereocenters. The first-order chi connectivity index (χ1) is 26.8. The Hall–Kier alpha value is -4.83. The second kappa shape index (κ2) is 18.2. The predicted octanol–water partition coefficient (Wildman–Crippen LogP) is 8.60. The van der Waals surface area contributed by atoms with Crippen molar-refractivity contribution >= 4 is 27.1 Å². The zero-order chi connectivity index (χ0) is 38.0. The van der Waals surface area contributed by atoms with Crippen LogP contribution < -0.4 is 19.3 Å². The van der Waals surface area contributed by atoms with E-state index in [1.54, 1.807) is 12.1 Å². The van der Waals surface area contributed by atoms with Crippen LogP contribution in [0.15, 0.2) is 127 Å². The highest BCUT2D eigenvalue weighted by Crippen LogP contribution is 2.34. The van der Waals surface area contributed by atoms with Crippen molar-refractivity contribution in [2.75, 3.05) is 60.0 Å². The molecule has 0 aromatic heterocycles. The van der Waals surface area contributed by atoms with Crippen LogP contribution in [-0.2, 0) is 23.2 Å². The van der Waals surface area contributed by atoms with Crippen LogP contribution in [0.25, 0.3) is 0 Å². The number of nitrogens with zero attached hydrogens (tertiary/aromatic N) is 3. The number of hydrogen-bond donors (Lipinski definition) is 2. The number of aliphatic hydroxyl groups excluding tert-OH is 1. The number of nitrogens with one attached hydrogen (secondary N) is 1. The Bertz CT molecular complexity index is 1990. The zero-order valence-corrected chi connectivity index (χ0v) is 32.7. The molecule has 0 unspecified atom stereocenters. The van der Waals surface area contributed by atoms with E-state index >= 15 is 0 Å². The lowest BCUT2D eigenvalue weighted by Gasteiger charge is -2.29. The molecule has 0 amide bonds. The molecule has 2 aliphatic rings. The highest BCUT2D eigenvalue weighted by atomic mass is 32.2. The number of hydrogen-bond acceptors (Lipinski definition) is 7. The number of aliphatic hydroxyl groups is 1. The van der Waals surface area contributed by atoms with Crippen molar-refractivity contribution in [2.45, 2.75) is 57.3 Å². The van der Waals surface area contributed by atoms with E-state index in [1.807, 2.05) is 54.6 Å². The summed E-state index contributed by atoms with van der Waals surface area (Å²) in [5.74, 6) is 0.572. The molecule has 0 bridgehead atoms. The van der Waals surface area contributed by atoms with Gasteiger partial charge in [0.05, 0.1) is 18.0 Å². The first kappa shape index (κ1) is 38.4. The van der Waals surface area contributed by atoms with Crippen LogP contribution in [0, 0.1) is 0 Å². The standard InChI is InChI=1S/C46H54N4O4S/c1-55(52,53)47-44-32-40(20-25-46(44)54-35-37-14-6-3-7-15-37)45(51)34-48(33-36-12-4-2-5-13-36)31-26-43(38-16-21-41(22-17-38)49-27-8-9-28-49)39-18-23-42(24-19-39)50-29-10-11-30-50/h2-7,12-25,32,43,45,47,51H,8-11,26-31,33-35H2,1H3/t45-/m0/s1. The van der Waals surface area contributed by atoms with E-state index in [1.165, 1.54) is 53.7 Å². The third kappa shape index (κ3) is 10.7. The Kier molecular flexibility index (Phi) is 12.7. The van der Waals surface area contributed by atoms with E-state index in [9.17, 15) is 13.5 Å². The number of rotatable bonds is 17. The maximum absolute atomic E-state index is 12.4. The van der Waals surface area contributed by atoms with Gasteiger partial charge in [0.25, 0.3) is 0 Å². The molecule has 2 heterocycles. The van der Waals surface area contributed by atoms with Crippen LogP contribution in [0.3, 0.4) is 0 Å². The van der Waals surface area contributed by atoms with Gasteiger partial charge in [-0.3, -0.25) is 9.62 Å². The Balaban J connectivity index is 1.12. The van der Waals surface area contributed by atoms with Crippen LogP contribution >= 0.6 is 0 Å². The fourth-order valence-corrected chi connectivity index (χ4v) is 8.50. The van der Waals surface area contributed by atoms with E-state index in [0.717, 1.165) is 51.0 Å². The summed E-state index contributed by atoms with van der Waals surface area (Å²) in [4.78, 5) is 7.27. The van der Waals surface area contributed by atoms with Gasteiger partial charge in [-0.25, -0.2) is 8.42 Å². The van der Waals surface area contributed by atoms with Crippen LogP contribution in [0.4, 0.5) is 17.1 Å². The monoisotopic (exact) mass is 758 g/mol. The van der Waals surface area contributed by atoms with Gasteiger partial charge in [-0.05, 0) is 103 Å². The number of sulfonamides is 1. The molecule has 2 N–H and O–H groups in total. The normalized spacial score (nSPS) is 15.2. The minimum absolute atomic E-state index is 0.169. The quantitative estimate of drug-likeness (QED) is 0.0983. The minimum atomic E-state index is -3.60. The molecule has 9 heteroatoms. The first-order valence-corrected chi connectivity index (χ1v) is 21.6. The Morgan fingerprint density at radius 3 is 1.73 bits per heavy atom. The van der Waals surface area contributed by atoms with Crippen LogP contribution in [0.5, 0.6) is 5.75 Å². The van der Waals surface area contributed by atoms with Gasteiger partial charge in [0, 0.05) is 56.6 Å². The second-order valence-corrected chi connectivity index (χ2v) is 16.8. The molecule has 8 nitrogen and oxygen atoms in total. The second-order valence-electron chi connectivity index (χ2n) is 15.1. The summed E-state index contributed by atoms with van der Waals surface area (Å²) in [5.41, 5.74) is 8.22. The van der Waals surface area contributed by atoms with Crippen LogP contribution in [0.2, 0.25) is 0 Å². The van der Waals surface area contributed by atoms with Gasteiger partial charge in [0.15, 0.2) is 0 Å². The molecule has 288 valence electrons. The highest BCUT2D eigenvalue weighted by Gasteiger charge is 2.22. The Labute approximate surface area is 327 Å². The first-order valence-electron chi connectivity index (χ1n) is 19.7. The molecule has 0 aliphatic carbocycles. The third-order valence-electron chi connectivity index (χ3n) is 10.9. The fourth-order valence-electron chi connectivity index (χ4n) is 7.95. The SMILES string of the molecule is CS(=O)(=O)Nc1cc([C@@H](O)CN(CCC(c2ccc(N3CCCC3)cc2)c2ccc(N3CCCC3)cc2)Cc2ccccc2)ccc1OCc1ccccc1. The average molecular weight is 759 g/mol. The lowest BCUT2D eigenvalue weighted by Crippen LogP contribution is -2.30. The van der Waals surface area contributed by atoms with E-state index in [4.69, 9.17) is 4.74 Å². The van der Waals surface area contributed by atoms with Gasteiger partial charge in [0.1, 0.15) is 12.4 Å². The number of ether oxygens (including phenoxy) is 1. The molecular weight excluding hydrogens is 705 g/mol. The fraction of sp³-hybridized carbons (Fsp3) is 0.348. The largest absolute Gasteiger partial charge is 0.487 e. The van der Waals surface area contributed by atoms with E-state index in [-0.39, 0.29) is 12.5 Å². The van der Waals surface area contributed by atoms with Gasteiger partial charge in [-0.2, -0.15) is 0 Å². The lowest BCUT2D eigenvalue weighted by atomic mass is 9.88. The van der Waals surface area contributed by atoms with Crippen molar-refractivity contribution < 1.29 is 18.3 Å². The third-order valence-corrected chi connectivity index (χ3v) is 11.5. The molecule has 5 aromatic carbocycles. The van der Waals surface area contributed by atoms with Crippen LogP contribution in [-0.4, -0.2) is 63.9 Å². The van der Waals surface area contributed by atoms with Gasteiger partial charge in [-0.1, -0.05) is 91.0 Å². The summed E-state index contributed by atoms with van der Waals surface area (Å²) in [7, 11) is -3.60. The highest BCUT2D eigenvalue weighted by molar-refractivity contribution is 7.92. The van der Waals surface area contributed by atoms with Crippen molar-refractivity contribution in [3.8, 4) is 5.75 Å². The average Bonchev–Trinajstić information content (AvgIpc) is 3.95. The van der Waals surface area contributed by atoms with Crippen molar-refractivity contribution in [3.05, 3.63) is 155 Å². The predicted molar refractivity (Wildman–Crippen MR) is 225 cm³/mol. The zero-order valence-electron chi connectivity index (χ0n) is 31.9. The summed E-state index contributed by atoms with van der Waals surface area (Å²) in [5, 5.41) is 11.8. The maximum atomic E-state index is 12.4. The van der Waals surface area contributed by atoms with Gasteiger partial charge in [0.2, 0.25) is 10.0 Å². The molecule has 7 rings (SSSR count). The molecule has 5 aromatic rings. The number of anilines is 3. The Morgan fingerprint density at radius 2 is 1.20 bits per heavy atom. The smallest absolute Gasteiger partial charge is 0.229 e. The molecule has 2 saturated heterocycles.